The van der Waals surface area contributed by atoms with Gasteiger partial charge in [-0.05, 0) is 46.1 Å². The van der Waals surface area contributed by atoms with Crippen LogP contribution < -0.4 is 10.6 Å². The molecule has 0 aromatic heterocycles. The van der Waals surface area contributed by atoms with E-state index in [1.807, 2.05) is 25.1 Å². The Kier molecular flexibility index (Phi) is 3.99. The van der Waals surface area contributed by atoms with Crippen LogP contribution >= 0.6 is 0 Å². The number of hydrogen-bond acceptors (Lipinski definition) is 3. The van der Waals surface area contributed by atoms with Crippen LogP contribution in [0.1, 0.15) is 23.6 Å². The molecule has 2 N–H and O–H groups in total. The van der Waals surface area contributed by atoms with Gasteiger partial charge in [-0.25, -0.2) is 0 Å². The summed E-state index contributed by atoms with van der Waals surface area (Å²) in [5.74, 6) is 0.0594. The van der Waals surface area contributed by atoms with E-state index in [2.05, 4.69) is 29.6 Å². The molecule has 0 radical (unpaired) electrons. The smallest absolute Gasteiger partial charge is 0.246 e. The molecule has 18 heavy (non-hydrogen) atoms. The molecule has 1 aromatic carbocycles. The molecule has 1 aliphatic rings. The Labute approximate surface area is 108 Å². The summed E-state index contributed by atoms with van der Waals surface area (Å²) in [6, 6.07) is 5.85. The van der Waals surface area contributed by atoms with Crippen molar-refractivity contribution in [1.29, 1.82) is 0 Å². The van der Waals surface area contributed by atoms with Gasteiger partial charge in [0.25, 0.3) is 0 Å². The van der Waals surface area contributed by atoms with Crippen molar-refractivity contribution in [2.75, 3.05) is 32.5 Å². The number of fused-ring (bicyclic) bond motifs is 1. The molecule has 1 atom stereocenters. The fourth-order valence-electron chi connectivity index (χ4n) is 2.28. The number of benzene rings is 1. The maximum atomic E-state index is 11.9. The van der Waals surface area contributed by atoms with Crippen molar-refractivity contribution < 1.29 is 4.79 Å². The lowest BCUT2D eigenvalue weighted by Crippen LogP contribution is -2.29. The van der Waals surface area contributed by atoms with Crippen LogP contribution in [0.25, 0.3) is 0 Å². The lowest BCUT2D eigenvalue weighted by molar-refractivity contribution is -0.117. The van der Waals surface area contributed by atoms with Gasteiger partial charge in [0.1, 0.15) is 6.04 Å². The second kappa shape index (κ2) is 5.50. The molecule has 1 unspecified atom stereocenters. The Morgan fingerprint density at radius 1 is 1.39 bits per heavy atom. The Bertz CT molecular complexity index is 443. The molecular formula is C14H21N3O. The van der Waals surface area contributed by atoms with Gasteiger partial charge in [-0.1, -0.05) is 18.2 Å². The molecule has 0 saturated carbocycles. The molecule has 1 amide bonds. The molecule has 0 spiro atoms. The Hall–Kier alpha value is -1.39. The number of aryl methyl sites for hydroxylation is 1. The molecule has 1 aliphatic heterocycles. The van der Waals surface area contributed by atoms with Gasteiger partial charge in [0.2, 0.25) is 5.91 Å². The number of amides is 1. The van der Waals surface area contributed by atoms with E-state index < -0.39 is 0 Å². The summed E-state index contributed by atoms with van der Waals surface area (Å²) in [5.41, 5.74) is 3.18. The van der Waals surface area contributed by atoms with Crippen molar-refractivity contribution in [2.24, 2.45) is 0 Å². The van der Waals surface area contributed by atoms with E-state index >= 15 is 0 Å². The van der Waals surface area contributed by atoms with E-state index in [0.717, 1.165) is 36.3 Å². The Balaban J connectivity index is 1.98. The van der Waals surface area contributed by atoms with Crippen LogP contribution in [0.15, 0.2) is 18.2 Å². The van der Waals surface area contributed by atoms with Crippen molar-refractivity contribution in [3.05, 3.63) is 29.3 Å². The summed E-state index contributed by atoms with van der Waals surface area (Å²) >= 11 is 0. The largest absolute Gasteiger partial charge is 0.324 e. The van der Waals surface area contributed by atoms with Gasteiger partial charge in [0.15, 0.2) is 0 Å². The van der Waals surface area contributed by atoms with Gasteiger partial charge >= 0.3 is 0 Å². The van der Waals surface area contributed by atoms with E-state index in [1.54, 1.807) is 0 Å². The molecule has 4 nitrogen and oxygen atoms in total. The summed E-state index contributed by atoms with van der Waals surface area (Å²) < 4.78 is 0. The first kappa shape index (κ1) is 13.1. The highest BCUT2D eigenvalue weighted by Crippen LogP contribution is 2.32. The quantitative estimate of drug-likeness (QED) is 0.776. The maximum Gasteiger partial charge on any atom is 0.246 e. The molecule has 2 rings (SSSR count). The molecule has 0 saturated heterocycles. The molecule has 0 bridgehead atoms. The maximum absolute atomic E-state index is 11.9. The number of nitrogens with one attached hydrogen (secondary N) is 2. The number of para-hydroxylation sites is 1. The average Bonchev–Trinajstić information content (AvgIpc) is 2.63. The van der Waals surface area contributed by atoms with E-state index in [4.69, 9.17) is 0 Å². The zero-order valence-corrected chi connectivity index (χ0v) is 11.3. The first-order chi connectivity index (χ1) is 8.59. The van der Waals surface area contributed by atoms with Gasteiger partial charge in [-0.15, -0.1) is 0 Å². The van der Waals surface area contributed by atoms with Crippen LogP contribution in [0, 0.1) is 6.92 Å². The van der Waals surface area contributed by atoms with Gasteiger partial charge in [0, 0.05) is 11.3 Å². The Morgan fingerprint density at radius 3 is 2.89 bits per heavy atom. The number of hydrogen-bond donors (Lipinski definition) is 2. The SMILES string of the molecule is Cc1cccc2c1NC(=O)C2NCCCN(C)C. The summed E-state index contributed by atoms with van der Waals surface area (Å²) in [6.07, 6.45) is 1.04. The zero-order chi connectivity index (χ0) is 13.1. The number of anilines is 1. The van der Waals surface area contributed by atoms with Crippen molar-refractivity contribution in [2.45, 2.75) is 19.4 Å². The summed E-state index contributed by atoms with van der Waals surface area (Å²) in [4.78, 5) is 14.1. The minimum atomic E-state index is -0.193. The standard InChI is InChI=1S/C14H21N3O/c1-10-6-4-7-11-12(10)16-14(18)13(11)15-8-5-9-17(2)3/h4,6-7,13,15H,5,8-9H2,1-3H3,(H,16,18). The number of rotatable bonds is 5. The van der Waals surface area contributed by atoms with Crippen LogP contribution in [0.3, 0.4) is 0 Å². The highest BCUT2D eigenvalue weighted by atomic mass is 16.2. The minimum Gasteiger partial charge on any atom is -0.324 e. The van der Waals surface area contributed by atoms with Gasteiger partial charge in [-0.3, -0.25) is 4.79 Å². The van der Waals surface area contributed by atoms with Gasteiger partial charge < -0.3 is 15.5 Å². The lowest BCUT2D eigenvalue weighted by atomic mass is 10.1. The molecule has 98 valence electrons. The number of nitrogens with zero attached hydrogens (tertiary/aromatic N) is 1. The first-order valence-electron chi connectivity index (χ1n) is 6.38. The summed E-state index contributed by atoms with van der Waals surface area (Å²) in [5, 5.41) is 6.29. The molecule has 0 aliphatic carbocycles. The van der Waals surface area contributed by atoms with E-state index in [-0.39, 0.29) is 11.9 Å². The molecule has 1 heterocycles. The van der Waals surface area contributed by atoms with Gasteiger partial charge in [-0.2, -0.15) is 0 Å². The fraction of sp³-hybridized carbons (Fsp3) is 0.500. The van der Waals surface area contributed by atoms with Crippen molar-refractivity contribution >= 4 is 11.6 Å². The van der Waals surface area contributed by atoms with Crippen LogP contribution in [0.2, 0.25) is 0 Å². The monoisotopic (exact) mass is 247 g/mol. The third-order valence-electron chi connectivity index (χ3n) is 3.26. The van der Waals surface area contributed by atoms with E-state index in [9.17, 15) is 4.79 Å². The van der Waals surface area contributed by atoms with Crippen molar-refractivity contribution in [1.82, 2.24) is 10.2 Å². The van der Waals surface area contributed by atoms with Gasteiger partial charge in [0.05, 0.1) is 0 Å². The lowest BCUT2D eigenvalue weighted by Gasteiger charge is -2.13. The molecule has 0 fully saturated rings. The highest BCUT2D eigenvalue weighted by molar-refractivity contribution is 6.03. The predicted molar refractivity (Wildman–Crippen MR) is 73.7 cm³/mol. The van der Waals surface area contributed by atoms with E-state index in [0.29, 0.717) is 0 Å². The number of carbonyl (C=O) groups excluding carboxylic acids is 1. The first-order valence-corrected chi connectivity index (χ1v) is 6.38. The Morgan fingerprint density at radius 2 is 2.17 bits per heavy atom. The second-order valence-corrected chi connectivity index (χ2v) is 5.07. The molecule has 1 aromatic rings. The number of carbonyl (C=O) groups is 1. The predicted octanol–water partition coefficient (Wildman–Crippen LogP) is 1.53. The third-order valence-corrected chi connectivity index (χ3v) is 3.26. The zero-order valence-electron chi connectivity index (χ0n) is 11.3. The van der Waals surface area contributed by atoms with Crippen molar-refractivity contribution in [3.63, 3.8) is 0 Å². The second-order valence-electron chi connectivity index (χ2n) is 5.07. The highest BCUT2D eigenvalue weighted by Gasteiger charge is 2.30. The summed E-state index contributed by atoms with van der Waals surface area (Å²) in [7, 11) is 4.11. The summed E-state index contributed by atoms with van der Waals surface area (Å²) in [6.45, 7) is 3.90. The normalized spacial score (nSPS) is 18.0. The average molecular weight is 247 g/mol. The fourth-order valence-corrected chi connectivity index (χ4v) is 2.28. The van der Waals surface area contributed by atoms with E-state index in [1.165, 1.54) is 0 Å². The molecular weight excluding hydrogens is 226 g/mol. The molecule has 4 heteroatoms. The van der Waals surface area contributed by atoms with Crippen LogP contribution in [0.4, 0.5) is 5.69 Å². The van der Waals surface area contributed by atoms with Crippen LogP contribution in [-0.2, 0) is 4.79 Å². The van der Waals surface area contributed by atoms with Crippen molar-refractivity contribution in [3.8, 4) is 0 Å². The topological polar surface area (TPSA) is 44.4 Å². The van der Waals surface area contributed by atoms with Crippen LogP contribution in [0.5, 0.6) is 0 Å². The minimum absolute atomic E-state index is 0.0594. The third kappa shape index (κ3) is 2.71. The van der Waals surface area contributed by atoms with Crippen LogP contribution in [-0.4, -0.2) is 38.0 Å².